The van der Waals surface area contributed by atoms with E-state index in [1.165, 1.54) is 0 Å². The fourth-order valence-electron chi connectivity index (χ4n) is 0.840. The Bertz CT molecular complexity index is 248. The minimum Gasteiger partial charge on any atom is -0.293 e. The molecule has 1 radical (unpaired) electrons. The van der Waals surface area contributed by atoms with E-state index in [4.69, 9.17) is 0 Å². The predicted molar refractivity (Wildman–Crippen MR) is 40.3 cm³/mol. The summed E-state index contributed by atoms with van der Waals surface area (Å²) in [6.07, 6.45) is 9.09. The van der Waals surface area contributed by atoms with Gasteiger partial charge in [0.1, 0.15) is 12.2 Å². The highest BCUT2D eigenvalue weighted by atomic mass is 15.2. The van der Waals surface area contributed by atoms with Crippen LogP contribution in [0.1, 0.15) is 0 Å². The number of nitrogens with zero attached hydrogens (tertiary/aromatic N) is 3. The van der Waals surface area contributed by atoms with Crippen LogP contribution in [0.2, 0.25) is 0 Å². The molecule has 0 atom stereocenters. The monoisotopic (exact) mass is 132 g/mol. The van der Waals surface area contributed by atoms with Gasteiger partial charge in [-0.15, -0.1) is 0 Å². The summed E-state index contributed by atoms with van der Waals surface area (Å²) in [6, 6.07) is 0. The Hall–Kier alpha value is -1.38. The van der Waals surface area contributed by atoms with Gasteiger partial charge in [0, 0.05) is 12.4 Å². The summed E-state index contributed by atoms with van der Waals surface area (Å²) >= 11 is 0. The summed E-state index contributed by atoms with van der Waals surface area (Å²) < 4.78 is 0. The molecule has 0 unspecified atom stereocenters. The maximum Gasteiger partial charge on any atom is 0.135 e. The Labute approximate surface area is 59.1 Å². The standard InChI is InChI=1S/C7H6N3/c1-3-9-7-2-4-8-6-10(7)5-1/h1-6H. The van der Waals surface area contributed by atoms with Crippen LogP contribution in [0.15, 0.2) is 34.5 Å². The molecule has 0 N–H and O–H groups in total. The van der Waals surface area contributed by atoms with E-state index >= 15 is 0 Å². The average Bonchev–Trinajstić information content (AvgIpc) is 2.05. The zero-order valence-corrected chi connectivity index (χ0v) is 5.31. The quantitative estimate of drug-likeness (QED) is 0.482. The van der Waals surface area contributed by atoms with Crippen molar-refractivity contribution in [1.29, 1.82) is 0 Å². The van der Waals surface area contributed by atoms with E-state index in [-0.39, 0.29) is 0 Å². The first-order valence-corrected chi connectivity index (χ1v) is 3.03. The van der Waals surface area contributed by atoms with Gasteiger partial charge >= 0.3 is 0 Å². The van der Waals surface area contributed by atoms with Crippen LogP contribution in [0, 0.1) is 6.54 Å². The lowest BCUT2D eigenvalue weighted by Gasteiger charge is -2.18. The molecule has 2 aliphatic rings. The first-order valence-electron chi connectivity index (χ1n) is 3.03. The molecule has 3 nitrogen and oxygen atoms in total. The molecule has 0 fully saturated rings. The highest BCUT2D eigenvalue weighted by Gasteiger charge is 2.07. The Kier molecular flexibility index (Phi) is 1.13. The van der Waals surface area contributed by atoms with Gasteiger partial charge in [-0.05, 0) is 12.2 Å². The van der Waals surface area contributed by atoms with Gasteiger partial charge in [0.25, 0.3) is 0 Å². The lowest BCUT2D eigenvalue weighted by atomic mass is 10.4. The van der Waals surface area contributed by atoms with Crippen molar-refractivity contribution in [1.82, 2.24) is 4.90 Å². The van der Waals surface area contributed by atoms with Gasteiger partial charge in [0.2, 0.25) is 0 Å². The molecule has 0 aromatic carbocycles. The summed E-state index contributed by atoms with van der Waals surface area (Å²) in [5.74, 6) is 0.914. The third-order valence-corrected chi connectivity index (χ3v) is 1.30. The van der Waals surface area contributed by atoms with Crippen molar-refractivity contribution >= 4 is 12.2 Å². The second kappa shape index (κ2) is 2.10. The van der Waals surface area contributed by atoms with Gasteiger partial charge < -0.3 is 0 Å². The molecule has 0 saturated heterocycles. The lowest BCUT2D eigenvalue weighted by Crippen LogP contribution is -2.25. The van der Waals surface area contributed by atoms with Gasteiger partial charge in [-0.2, -0.15) is 0 Å². The molecule has 0 aromatic rings. The molecule has 0 saturated carbocycles. The molecule has 2 heterocycles. The van der Waals surface area contributed by atoms with Crippen molar-refractivity contribution in [3.05, 3.63) is 31.1 Å². The minimum atomic E-state index is 0.914. The van der Waals surface area contributed by atoms with E-state index in [0.29, 0.717) is 0 Å². The molecule has 2 aliphatic heterocycles. The minimum absolute atomic E-state index is 0.914. The fourth-order valence-corrected chi connectivity index (χ4v) is 0.840. The van der Waals surface area contributed by atoms with Crippen LogP contribution >= 0.6 is 0 Å². The van der Waals surface area contributed by atoms with Crippen molar-refractivity contribution in [2.45, 2.75) is 0 Å². The summed E-state index contributed by atoms with van der Waals surface area (Å²) in [7, 11) is 0. The highest BCUT2D eigenvalue weighted by molar-refractivity contribution is 6.03. The molecule has 0 aromatic heterocycles. The fraction of sp³-hybridized carbons (Fsp3) is 0. The largest absolute Gasteiger partial charge is 0.293 e. The zero-order valence-electron chi connectivity index (χ0n) is 5.31. The summed E-state index contributed by atoms with van der Waals surface area (Å²) in [6.45, 7) is 1.76. The van der Waals surface area contributed by atoms with Crippen LogP contribution in [0.3, 0.4) is 0 Å². The zero-order chi connectivity index (χ0) is 6.81. The van der Waals surface area contributed by atoms with Gasteiger partial charge in [-0.25, -0.2) is 4.99 Å². The number of aliphatic imine (C=N–C) groups is 2. The number of amidine groups is 1. The van der Waals surface area contributed by atoms with Crippen molar-refractivity contribution in [3.63, 3.8) is 0 Å². The van der Waals surface area contributed by atoms with E-state index in [9.17, 15) is 0 Å². The van der Waals surface area contributed by atoms with Gasteiger partial charge in [-0.1, -0.05) is 0 Å². The second-order valence-corrected chi connectivity index (χ2v) is 1.97. The smallest absolute Gasteiger partial charge is 0.135 e. The van der Waals surface area contributed by atoms with Gasteiger partial charge in [0.15, 0.2) is 0 Å². The molecule has 10 heavy (non-hydrogen) atoms. The molecule has 3 heteroatoms. The van der Waals surface area contributed by atoms with E-state index < -0.39 is 0 Å². The van der Waals surface area contributed by atoms with Crippen LogP contribution in [0.25, 0.3) is 0 Å². The second-order valence-electron chi connectivity index (χ2n) is 1.97. The maximum absolute atomic E-state index is 4.10. The first-order chi connectivity index (χ1) is 4.97. The van der Waals surface area contributed by atoms with Crippen molar-refractivity contribution in [2.75, 3.05) is 0 Å². The molecular weight excluding hydrogens is 126 g/mol. The lowest BCUT2D eigenvalue weighted by molar-refractivity contribution is 0.832. The molecule has 2 rings (SSSR count). The van der Waals surface area contributed by atoms with Gasteiger partial charge in [0.05, 0.1) is 6.54 Å². The normalized spacial score (nSPS) is 20.8. The molecule has 0 amide bonds. The van der Waals surface area contributed by atoms with E-state index in [1.54, 1.807) is 19.1 Å². The maximum atomic E-state index is 4.10. The van der Waals surface area contributed by atoms with Crippen LogP contribution < -0.4 is 0 Å². The van der Waals surface area contributed by atoms with Crippen LogP contribution in [-0.2, 0) is 0 Å². The first kappa shape index (κ1) is 5.41. The number of hydrogen-bond donors (Lipinski definition) is 0. The number of hydrogen-bond acceptors (Lipinski definition) is 3. The van der Waals surface area contributed by atoms with Gasteiger partial charge in [-0.3, -0.25) is 9.89 Å². The Morgan fingerprint density at radius 3 is 3.30 bits per heavy atom. The van der Waals surface area contributed by atoms with Crippen molar-refractivity contribution in [2.24, 2.45) is 9.98 Å². The summed E-state index contributed by atoms with van der Waals surface area (Å²) in [5, 5.41) is 0. The summed E-state index contributed by atoms with van der Waals surface area (Å²) in [4.78, 5) is 9.90. The highest BCUT2D eigenvalue weighted by Crippen LogP contribution is 2.05. The Morgan fingerprint density at radius 1 is 1.40 bits per heavy atom. The topological polar surface area (TPSA) is 28.0 Å². The number of fused-ring (bicyclic) bond motifs is 1. The van der Waals surface area contributed by atoms with Crippen LogP contribution in [-0.4, -0.2) is 17.1 Å². The SMILES string of the molecule is [CH]1C=CN2C=NC=CC2=N1. The molecule has 0 spiro atoms. The van der Waals surface area contributed by atoms with Crippen molar-refractivity contribution in [3.8, 4) is 0 Å². The molecular formula is C7H6N3. The average molecular weight is 132 g/mol. The van der Waals surface area contributed by atoms with Crippen molar-refractivity contribution < 1.29 is 0 Å². The van der Waals surface area contributed by atoms with E-state index in [2.05, 4.69) is 9.98 Å². The van der Waals surface area contributed by atoms with Crippen LogP contribution in [0.4, 0.5) is 0 Å². The molecule has 0 bridgehead atoms. The van der Waals surface area contributed by atoms with E-state index in [0.717, 1.165) is 5.84 Å². The number of rotatable bonds is 0. The Morgan fingerprint density at radius 2 is 2.40 bits per heavy atom. The molecule has 0 aliphatic carbocycles. The third-order valence-electron chi connectivity index (χ3n) is 1.30. The third kappa shape index (κ3) is 0.757. The van der Waals surface area contributed by atoms with E-state index in [1.807, 2.05) is 23.3 Å². The predicted octanol–water partition coefficient (Wildman–Crippen LogP) is 0.932. The molecule has 49 valence electrons. The summed E-state index contributed by atoms with van der Waals surface area (Å²) in [5.41, 5.74) is 0. The van der Waals surface area contributed by atoms with Crippen LogP contribution in [0.5, 0.6) is 0 Å². The Balaban J connectivity index is 2.33.